The van der Waals surface area contributed by atoms with Gasteiger partial charge in [0, 0.05) is 13.1 Å². The fourth-order valence-electron chi connectivity index (χ4n) is 2.96. The van der Waals surface area contributed by atoms with Crippen molar-refractivity contribution in [2.75, 3.05) is 32.8 Å². The van der Waals surface area contributed by atoms with Crippen molar-refractivity contribution >= 4 is 17.8 Å². The second kappa shape index (κ2) is 12.8. The number of carbonyl (C=O) groups is 2. The fourth-order valence-corrected chi connectivity index (χ4v) is 2.96. The number of nitrogens with zero attached hydrogens (tertiary/aromatic N) is 4. The number of ether oxygens (including phenoxy) is 2. The summed E-state index contributed by atoms with van der Waals surface area (Å²) in [5.41, 5.74) is 5.71. The number of amidine groups is 1. The van der Waals surface area contributed by atoms with E-state index in [1.54, 1.807) is 13.8 Å². The predicted molar refractivity (Wildman–Crippen MR) is 121 cm³/mol. The number of aliphatic hydroxyl groups excluding tert-OH is 1. The van der Waals surface area contributed by atoms with Crippen LogP contribution in [-0.2, 0) is 20.9 Å². The monoisotopic (exact) mass is 463 g/mol. The molecule has 0 spiro atoms. The van der Waals surface area contributed by atoms with Gasteiger partial charge in [-0.15, -0.1) is 5.11 Å². The Balaban J connectivity index is 1.99. The number of β-amino-alcohol motifs (C(OH)–C–C–N with tert-alkyl or cyclic N) is 1. The van der Waals surface area contributed by atoms with Crippen LogP contribution in [0.5, 0.6) is 0 Å². The molecule has 1 saturated heterocycles. The summed E-state index contributed by atoms with van der Waals surface area (Å²) in [5, 5.41) is 19.4. The SMILES string of the molecule is CC(C)(N)C(=O)N[C@H](COCc1ccccc1)C(N=NN)=NCCOC(=O)N1CCC(O)C1. The Labute approximate surface area is 193 Å². The van der Waals surface area contributed by atoms with E-state index in [2.05, 4.69) is 20.6 Å². The summed E-state index contributed by atoms with van der Waals surface area (Å²) < 4.78 is 10.9. The Bertz CT molecular complexity index is 826. The van der Waals surface area contributed by atoms with Crippen molar-refractivity contribution in [1.29, 1.82) is 0 Å². The molecule has 0 aromatic heterocycles. The number of nitrogens with one attached hydrogen (secondary N) is 1. The molecular formula is C21H33N7O5. The van der Waals surface area contributed by atoms with E-state index in [1.165, 1.54) is 4.90 Å². The summed E-state index contributed by atoms with van der Waals surface area (Å²) in [6, 6.07) is 8.75. The third kappa shape index (κ3) is 9.12. The highest BCUT2D eigenvalue weighted by atomic mass is 16.6. The molecule has 1 aromatic carbocycles. The van der Waals surface area contributed by atoms with Gasteiger partial charge in [-0.2, -0.15) is 0 Å². The summed E-state index contributed by atoms with van der Waals surface area (Å²) in [5.74, 6) is 4.91. The molecule has 6 N–H and O–H groups in total. The molecule has 1 heterocycles. The third-order valence-electron chi connectivity index (χ3n) is 4.77. The number of aliphatic hydroxyl groups is 1. The van der Waals surface area contributed by atoms with Gasteiger partial charge in [0.2, 0.25) is 5.91 Å². The van der Waals surface area contributed by atoms with E-state index in [9.17, 15) is 14.7 Å². The lowest BCUT2D eigenvalue weighted by Crippen LogP contribution is -2.55. The van der Waals surface area contributed by atoms with E-state index in [0.29, 0.717) is 19.6 Å². The lowest BCUT2D eigenvalue weighted by molar-refractivity contribution is -0.125. The number of aliphatic imine (C=N–C) groups is 1. The van der Waals surface area contributed by atoms with Crippen LogP contribution in [-0.4, -0.2) is 78.4 Å². The highest BCUT2D eigenvalue weighted by Crippen LogP contribution is 2.10. The number of hydrogen-bond acceptors (Lipinski definition) is 8. The van der Waals surface area contributed by atoms with Crippen molar-refractivity contribution in [3.8, 4) is 0 Å². The molecule has 1 aromatic rings. The smallest absolute Gasteiger partial charge is 0.409 e. The van der Waals surface area contributed by atoms with Crippen LogP contribution in [0.1, 0.15) is 25.8 Å². The zero-order valence-corrected chi connectivity index (χ0v) is 19.0. The summed E-state index contributed by atoms with van der Waals surface area (Å²) in [6.07, 6.45) is -0.528. The van der Waals surface area contributed by atoms with E-state index in [4.69, 9.17) is 21.1 Å². The van der Waals surface area contributed by atoms with Crippen molar-refractivity contribution in [2.24, 2.45) is 26.9 Å². The molecule has 0 bridgehead atoms. The molecule has 1 aliphatic rings. The average Bonchev–Trinajstić information content (AvgIpc) is 3.21. The van der Waals surface area contributed by atoms with Gasteiger partial charge in [-0.05, 0) is 25.8 Å². The minimum absolute atomic E-state index is 0.0249. The fraction of sp³-hybridized carbons (Fsp3) is 0.571. The van der Waals surface area contributed by atoms with Crippen LogP contribution in [0, 0.1) is 0 Å². The number of hydrogen-bond donors (Lipinski definition) is 4. The van der Waals surface area contributed by atoms with Crippen LogP contribution in [0.25, 0.3) is 0 Å². The van der Waals surface area contributed by atoms with Crippen molar-refractivity contribution in [1.82, 2.24) is 10.2 Å². The van der Waals surface area contributed by atoms with Gasteiger partial charge in [-0.3, -0.25) is 9.79 Å². The van der Waals surface area contributed by atoms with Gasteiger partial charge < -0.3 is 36.4 Å². The summed E-state index contributed by atoms with van der Waals surface area (Å²) >= 11 is 0. The van der Waals surface area contributed by atoms with Crippen LogP contribution < -0.4 is 16.9 Å². The quantitative estimate of drug-likeness (QED) is 0.0965. The summed E-state index contributed by atoms with van der Waals surface area (Å²) in [4.78, 5) is 30.2. The number of likely N-dealkylation sites (tertiary alicyclic amines) is 1. The molecular weight excluding hydrogens is 430 g/mol. The number of amides is 2. The first-order valence-corrected chi connectivity index (χ1v) is 10.7. The third-order valence-corrected chi connectivity index (χ3v) is 4.77. The normalized spacial score (nSPS) is 17.9. The number of nitrogens with two attached hydrogens (primary N) is 2. The van der Waals surface area contributed by atoms with Gasteiger partial charge in [0.25, 0.3) is 0 Å². The Hall–Kier alpha value is -3.09. The minimum atomic E-state index is -1.14. The molecule has 2 atom stereocenters. The maximum Gasteiger partial charge on any atom is 0.409 e. The van der Waals surface area contributed by atoms with Crippen molar-refractivity contribution in [2.45, 2.75) is 44.6 Å². The molecule has 1 unspecified atom stereocenters. The second-order valence-electron chi connectivity index (χ2n) is 8.21. The predicted octanol–water partition coefficient (Wildman–Crippen LogP) is 0.353. The number of rotatable bonds is 10. The highest BCUT2D eigenvalue weighted by molar-refractivity contribution is 5.94. The number of benzene rings is 1. The Morgan fingerprint density at radius 1 is 1.33 bits per heavy atom. The average molecular weight is 464 g/mol. The molecule has 33 heavy (non-hydrogen) atoms. The zero-order chi connectivity index (χ0) is 24.3. The Morgan fingerprint density at radius 2 is 2.06 bits per heavy atom. The molecule has 182 valence electrons. The number of carbonyl (C=O) groups excluding carboxylic acids is 2. The molecule has 2 amide bonds. The second-order valence-corrected chi connectivity index (χ2v) is 8.21. The van der Waals surface area contributed by atoms with Crippen molar-refractivity contribution < 1.29 is 24.2 Å². The van der Waals surface area contributed by atoms with Gasteiger partial charge in [0.05, 0.1) is 31.4 Å². The lowest BCUT2D eigenvalue weighted by atomic mass is 10.1. The molecule has 0 saturated carbocycles. The van der Waals surface area contributed by atoms with E-state index in [0.717, 1.165) is 5.56 Å². The standard InChI is InChI=1S/C21H33N7O5/c1-21(2,22)19(30)25-17(14-32-13-15-6-4-3-5-7-15)18(26-27-23)24-9-11-33-20(31)28-10-8-16(29)12-28/h3-7,16-17,29H,8-14,22H2,1-2H3,(H,25,30)(H2,23,24,26)/t16?,17-/m1/s1. The topological polar surface area (TPSA) is 177 Å². The van der Waals surface area contributed by atoms with Gasteiger partial charge in [-0.25, -0.2) is 4.79 Å². The van der Waals surface area contributed by atoms with E-state index in [-0.39, 0.29) is 32.1 Å². The Kier molecular flexibility index (Phi) is 10.2. The summed E-state index contributed by atoms with van der Waals surface area (Å²) in [6.45, 7) is 4.22. The molecule has 0 radical (unpaired) electrons. The first-order chi connectivity index (χ1) is 15.7. The molecule has 0 aliphatic carbocycles. The van der Waals surface area contributed by atoms with Crippen LogP contribution in [0.2, 0.25) is 0 Å². The first-order valence-electron chi connectivity index (χ1n) is 10.7. The summed E-state index contributed by atoms with van der Waals surface area (Å²) in [7, 11) is 0. The molecule has 1 aliphatic heterocycles. The largest absolute Gasteiger partial charge is 0.447 e. The van der Waals surface area contributed by atoms with Crippen LogP contribution in [0.15, 0.2) is 45.7 Å². The highest BCUT2D eigenvalue weighted by Gasteiger charge is 2.28. The van der Waals surface area contributed by atoms with Gasteiger partial charge in [-0.1, -0.05) is 35.6 Å². The molecule has 12 nitrogen and oxygen atoms in total. The van der Waals surface area contributed by atoms with Crippen LogP contribution >= 0.6 is 0 Å². The van der Waals surface area contributed by atoms with Crippen LogP contribution in [0.4, 0.5) is 4.79 Å². The van der Waals surface area contributed by atoms with Gasteiger partial charge in [0.1, 0.15) is 12.6 Å². The zero-order valence-electron chi connectivity index (χ0n) is 19.0. The maximum absolute atomic E-state index is 12.5. The van der Waals surface area contributed by atoms with E-state index in [1.807, 2.05) is 30.3 Å². The lowest BCUT2D eigenvalue weighted by Gasteiger charge is -2.23. The van der Waals surface area contributed by atoms with Gasteiger partial charge >= 0.3 is 6.09 Å². The first kappa shape index (κ1) is 26.2. The van der Waals surface area contributed by atoms with E-state index < -0.39 is 29.7 Å². The van der Waals surface area contributed by atoms with Crippen molar-refractivity contribution in [3.63, 3.8) is 0 Å². The molecule has 12 heteroatoms. The van der Waals surface area contributed by atoms with Crippen molar-refractivity contribution in [3.05, 3.63) is 35.9 Å². The van der Waals surface area contributed by atoms with Gasteiger partial charge in [0.15, 0.2) is 5.84 Å². The van der Waals surface area contributed by atoms with Crippen LogP contribution in [0.3, 0.4) is 0 Å². The minimum Gasteiger partial charge on any atom is -0.447 e. The Morgan fingerprint density at radius 3 is 2.67 bits per heavy atom. The molecule has 2 rings (SSSR count). The van der Waals surface area contributed by atoms with E-state index >= 15 is 0 Å². The maximum atomic E-state index is 12.5. The molecule has 1 fully saturated rings.